The summed E-state index contributed by atoms with van der Waals surface area (Å²) >= 11 is 0. The summed E-state index contributed by atoms with van der Waals surface area (Å²) in [5.41, 5.74) is 0. The zero-order valence-electron chi connectivity index (χ0n) is 6.75. The lowest BCUT2D eigenvalue weighted by Crippen LogP contribution is -2.26. The fourth-order valence-corrected chi connectivity index (χ4v) is 1.54. The smallest absolute Gasteiger partial charge is 0.0608 e. The Kier molecular flexibility index (Phi) is 2.50. The van der Waals surface area contributed by atoms with Gasteiger partial charge in [0, 0.05) is 0 Å². The number of hydrogen-bond acceptors (Lipinski definition) is 1. The molecule has 0 unspecified atom stereocenters. The fourth-order valence-electron chi connectivity index (χ4n) is 1.54. The van der Waals surface area contributed by atoms with E-state index < -0.39 is 0 Å². The van der Waals surface area contributed by atoms with E-state index in [0.29, 0.717) is 11.8 Å². The predicted octanol–water partition coefficient (Wildman–Crippen LogP) is 1.97. The lowest BCUT2D eigenvalue weighted by Gasteiger charge is -2.27. The van der Waals surface area contributed by atoms with E-state index in [1.54, 1.807) is 0 Å². The molecule has 2 atom stereocenters. The first-order valence-electron chi connectivity index (χ1n) is 4.05. The highest BCUT2D eigenvalue weighted by Gasteiger charge is 2.22. The fraction of sp³-hybridized carbons (Fsp3) is 0.778. The van der Waals surface area contributed by atoms with E-state index in [1.165, 1.54) is 0 Å². The Balaban J connectivity index is 2.51. The molecule has 0 bridgehead atoms. The third kappa shape index (κ3) is 1.60. The second kappa shape index (κ2) is 3.20. The number of rotatable bonds is 1. The van der Waals surface area contributed by atoms with Gasteiger partial charge >= 0.3 is 0 Å². The van der Waals surface area contributed by atoms with Gasteiger partial charge in [-0.3, -0.25) is 0 Å². The van der Waals surface area contributed by atoms with Crippen LogP contribution in [0.5, 0.6) is 0 Å². The summed E-state index contributed by atoms with van der Waals surface area (Å²) in [7, 11) is 0. The third-order valence-corrected chi connectivity index (χ3v) is 2.30. The molecule has 1 N–H and O–H groups in total. The summed E-state index contributed by atoms with van der Waals surface area (Å²) in [6, 6.07) is 0. The Morgan fingerprint density at radius 3 is 2.30 bits per heavy atom. The summed E-state index contributed by atoms with van der Waals surface area (Å²) in [5, 5.41) is 9.49. The molecule has 0 aliphatic heterocycles. The molecule has 10 heavy (non-hydrogen) atoms. The molecule has 0 aromatic rings. The lowest BCUT2D eigenvalue weighted by molar-refractivity contribution is 0.0800. The molecule has 0 spiro atoms. The van der Waals surface area contributed by atoms with Crippen molar-refractivity contribution < 1.29 is 5.11 Å². The Labute approximate surface area is 62.8 Å². The molecule has 0 heterocycles. The van der Waals surface area contributed by atoms with Gasteiger partial charge in [-0.2, -0.15) is 0 Å². The maximum Gasteiger partial charge on any atom is 0.0608 e. The van der Waals surface area contributed by atoms with Gasteiger partial charge in [-0.25, -0.2) is 0 Å². The minimum absolute atomic E-state index is 0.0926. The zero-order valence-corrected chi connectivity index (χ0v) is 6.75. The van der Waals surface area contributed by atoms with Crippen LogP contribution in [0, 0.1) is 11.8 Å². The minimum atomic E-state index is -0.0926. The molecule has 0 radical (unpaired) electrons. The normalized spacial score (nSPS) is 33.2. The van der Waals surface area contributed by atoms with Crippen LogP contribution in [-0.4, -0.2) is 11.2 Å². The Bertz CT molecular complexity index is 127. The largest absolute Gasteiger partial charge is 0.392 e. The molecule has 1 heteroatoms. The van der Waals surface area contributed by atoms with Crippen molar-refractivity contribution in [1.82, 2.24) is 0 Å². The molecule has 58 valence electrons. The second-order valence-electron chi connectivity index (χ2n) is 3.42. The number of allylic oxidation sites excluding steroid dienone is 1. The van der Waals surface area contributed by atoms with Gasteiger partial charge in [0.15, 0.2) is 0 Å². The highest BCUT2D eigenvalue weighted by Crippen LogP contribution is 2.25. The van der Waals surface area contributed by atoms with Crippen molar-refractivity contribution in [2.75, 3.05) is 0 Å². The van der Waals surface area contributed by atoms with Crippen LogP contribution in [0.3, 0.4) is 0 Å². The van der Waals surface area contributed by atoms with Gasteiger partial charge in [0.25, 0.3) is 0 Å². The third-order valence-electron chi connectivity index (χ3n) is 2.30. The van der Waals surface area contributed by atoms with E-state index in [1.807, 2.05) is 0 Å². The van der Waals surface area contributed by atoms with E-state index in [2.05, 4.69) is 26.0 Å². The maximum atomic E-state index is 9.49. The molecular weight excluding hydrogens is 124 g/mol. The molecule has 0 aromatic carbocycles. The van der Waals surface area contributed by atoms with Crippen molar-refractivity contribution in [1.29, 1.82) is 0 Å². The first-order valence-corrected chi connectivity index (χ1v) is 4.05. The minimum Gasteiger partial charge on any atom is -0.392 e. The SMILES string of the molecule is CC(C)[C@H]1CC=CC[C@H]1O. The molecule has 1 aliphatic carbocycles. The van der Waals surface area contributed by atoms with Gasteiger partial charge in [-0.15, -0.1) is 0 Å². The van der Waals surface area contributed by atoms with Crippen LogP contribution in [0.1, 0.15) is 26.7 Å². The van der Waals surface area contributed by atoms with Crippen molar-refractivity contribution in [3.8, 4) is 0 Å². The standard InChI is InChI=1S/C9H16O/c1-7(2)8-5-3-4-6-9(8)10/h3-4,7-10H,5-6H2,1-2H3/t8-,9-/m1/s1. The molecule has 0 fully saturated rings. The van der Waals surface area contributed by atoms with Crippen molar-refractivity contribution in [2.45, 2.75) is 32.8 Å². The molecule has 0 saturated carbocycles. The van der Waals surface area contributed by atoms with E-state index in [9.17, 15) is 5.11 Å². The maximum absolute atomic E-state index is 9.49. The van der Waals surface area contributed by atoms with E-state index in [-0.39, 0.29) is 6.10 Å². The van der Waals surface area contributed by atoms with Crippen LogP contribution >= 0.6 is 0 Å². The van der Waals surface area contributed by atoms with Gasteiger partial charge in [0.05, 0.1) is 6.10 Å². The van der Waals surface area contributed by atoms with Crippen molar-refractivity contribution in [2.24, 2.45) is 11.8 Å². The van der Waals surface area contributed by atoms with Gasteiger partial charge in [0.2, 0.25) is 0 Å². The van der Waals surface area contributed by atoms with Gasteiger partial charge in [-0.05, 0) is 24.7 Å². The van der Waals surface area contributed by atoms with Crippen LogP contribution in [-0.2, 0) is 0 Å². The Morgan fingerprint density at radius 2 is 1.90 bits per heavy atom. The van der Waals surface area contributed by atoms with Crippen molar-refractivity contribution in [3.05, 3.63) is 12.2 Å². The average Bonchev–Trinajstić information content (AvgIpc) is 1.88. The highest BCUT2D eigenvalue weighted by molar-refractivity contribution is 4.95. The summed E-state index contributed by atoms with van der Waals surface area (Å²) in [6.07, 6.45) is 6.06. The highest BCUT2D eigenvalue weighted by atomic mass is 16.3. The van der Waals surface area contributed by atoms with Crippen molar-refractivity contribution in [3.63, 3.8) is 0 Å². The van der Waals surface area contributed by atoms with E-state index in [0.717, 1.165) is 12.8 Å². The molecule has 1 rings (SSSR count). The monoisotopic (exact) mass is 140 g/mol. The van der Waals surface area contributed by atoms with Crippen LogP contribution in [0.2, 0.25) is 0 Å². The van der Waals surface area contributed by atoms with Crippen LogP contribution in [0.15, 0.2) is 12.2 Å². The van der Waals surface area contributed by atoms with Gasteiger partial charge in [0.1, 0.15) is 0 Å². The lowest BCUT2D eigenvalue weighted by atomic mass is 9.83. The van der Waals surface area contributed by atoms with Crippen molar-refractivity contribution >= 4 is 0 Å². The molecule has 0 aromatic heterocycles. The molecular formula is C9H16O. The summed E-state index contributed by atoms with van der Waals surface area (Å²) in [4.78, 5) is 0. The Morgan fingerprint density at radius 1 is 1.30 bits per heavy atom. The quantitative estimate of drug-likeness (QED) is 0.552. The number of hydrogen-bond donors (Lipinski definition) is 1. The topological polar surface area (TPSA) is 20.2 Å². The van der Waals surface area contributed by atoms with Crippen LogP contribution in [0.4, 0.5) is 0 Å². The predicted molar refractivity (Wildman–Crippen MR) is 42.7 cm³/mol. The van der Waals surface area contributed by atoms with Gasteiger partial charge < -0.3 is 5.11 Å². The second-order valence-corrected chi connectivity index (χ2v) is 3.42. The first-order chi connectivity index (χ1) is 4.72. The molecule has 1 aliphatic rings. The Hall–Kier alpha value is -0.300. The number of aliphatic hydroxyl groups is 1. The summed E-state index contributed by atoms with van der Waals surface area (Å²) < 4.78 is 0. The average molecular weight is 140 g/mol. The van der Waals surface area contributed by atoms with Crippen LogP contribution in [0.25, 0.3) is 0 Å². The first kappa shape index (κ1) is 7.80. The summed E-state index contributed by atoms with van der Waals surface area (Å²) in [6.45, 7) is 4.35. The summed E-state index contributed by atoms with van der Waals surface area (Å²) in [5.74, 6) is 1.10. The van der Waals surface area contributed by atoms with Crippen LogP contribution < -0.4 is 0 Å². The molecule has 1 nitrogen and oxygen atoms in total. The van der Waals surface area contributed by atoms with Gasteiger partial charge in [-0.1, -0.05) is 26.0 Å². The van der Waals surface area contributed by atoms with E-state index in [4.69, 9.17) is 0 Å². The van der Waals surface area contributed by atoms with E-state index >= 15 is 0 Å². The molecule has 0 amide bonds. The molecule has 0 saturated heterocycles. The number of aliphatic hydroxyl groups excluding tert-OH is 1. The zero-order chi connectivity index (χ0) is 7.56.